The molecule has 0 spiro atoms. The van der Waals surface area contributed by atoms with Crippen LogP contribution in [0.15, 0.2) is 42.5 Å². The molecular weight excluding hydrogens is 326 g/mol. The van der Waals surface area contributed by atoms with Gasteiger partial charge in [-0.25, -0.2) is 4.98 Å². The molecule has 0 aliphatic carbocycles. The molecular formula is C18H20ClN3O2. The van der Waals surface area contributed by atoms with Crippen molar-refractivity contribution in [1.29, 1.82) is 0 Å². The standard InChI is InChI=1S/C18H20ClN3O2/c1-3-4-11-22(2)18(24)16-10-6-9-15(21-16)17(23)20-14-8-5-7-13(19)12-14/h5-10,12H,3-4,11H2,1-2H3,(H,20,23). The number of pyridine rings is 1. The van der Waals surface area contributed by atoms with Crippen LogP contribution >= 0.6 is 11.6 Å². The maximum absolute atomic E-state index is 12.3. The van der Waals surface area contributed by atoms with Crippen molar-refractivity contribution in [2.45, 2.75) is 19.8 Å². The van der Waals surface area contributed by atoms with Crippen LogP contribution < -0.4 is 5.32 Å². The highest BCUT2D eigenvalue weighted by molar-refractivity contribution is 6.30. The number of aromatic nitrogens is 1. The van der Waals surface area contributed by atoms with E-state index in [-0.39, 0.29) is 23.2 Å². The summed E-state index contributed by atoms with van der Waals surface area (Å²) in [7, 11) is 1.73. The molecule has 0 unspecified atom stereocenters. The minimum absolute atomic E-state index is 0.185. The maximum Gasteiger partial charge on any atom is 0.274 e. The van der Waals surface area contributed by atoms with E-state index in [0.717, 1.165) is 12.8 Å². The highest BCUT2D eigenvalue weighted by Crippen LogP contribution is 2.15. The first-order chi connectivity index (χ1) is 11.5. The van der Waals surface area contributed by atoms with E-state index in [0.29, 0.717) is 17.3 Å². The van der Waals surface area contributed by atoms with Gasteiger partial charge in [0.15, 0.2) is 0 Å². The lowest BCUT2D eigenvalue weighted by molar-refractivity contribution is 0.0787. The second-order valence-electron chi connectivity index (χ2n) is 5.45. The van der Waals surface area contributed by atoms with Gasteiger partial charge in [-0.3, -0.25) is 9.59 Å². The SMILES string of the molecule is CCCCN(C)C(=O)c1cccc(C(=O)Nc2cccc(Cl)c2)n1. The molecule has 6 heteroatoms. The molecule has 2 amide bonds. The number of benzene rings is 1. The van der Waals surface area contributed by atoms with E-state index in [1.165, 1.54) is 0 Å². The molecule has 126 valence electrons. The van der Waals surface area contributed by atoms with Gasteiger partial charge in [0, 0.05) is 24.3 Å². The Morgan fingerprint density at radius 2 is 1.88 bits per heavy atom. The Morgan fingerprint density at radius 3 is 2.58 bits per heavy atom. The summed E-state index contributed by atoms with van der Waals surface area (Å²) in [6.07, 6.45) is 1.93. The Balaban J connectivity index is 2.11. The van der Waals surface area contributed by atoms with Gasteiger partial charge in [-0.05, 0) is 36.8 Å². The van der Waals surface area contributed by atoms with Crippen molar-refractivity contribution < 1.29 is 9.59 Å². The zero-order valence-corrected chi connectivity index (χ0v) is 14.5. The molecule has 1 aromatic heterocycles. The van der Waals surface area contributed by atoms with Crippen LogP contribution in [0.2, 0.25) is 5.02 Å². The van der Waals surface area contributed by atoms with Gasteiger partial charge >= 0.3 is 0 Å². The molecule has 0 radical (unpaired) electrons. The van der Waals surface area contributed by atoms with E-state index in [2.05, 4.69) is 17.2 Å². The zero-order valence-electron chi connectivity index (χ0n) is 13.8. The van der Waals surface area contributed by atoms with Crippen LogP contribution in [0.1, 0.15) is 40.7 Å². The summed E-state index contributed by atoms with van der Waals surface area (Å²) in [6, 6.07) is 11.7. The van der Waals surface area contributed by atoms with Crippen molar-refractivity contribution in [1.82, 2.24) is 9.88 Å². The van der Waals surface area contributed by atoms with Crippen LogP contribution in [0.5, 0.6) is 0 Å². The van der Waals surface area contributed by atoms with Gasteiger partial charge in [0.05, 0.1) is 0 Å². The second kappa shape index (κ2) is 8.45. The monoisotopic (exact) mass is 345 g/mol. The lowest BCUT2D eigenvalue weighted by Gasteiger charge is -2.16. The number of carbonyl (C=O) groups excluding carboxylic acids is 2. The van der Waals surface area contributed by atoms with E-state index in [1.54, 1.807) is 54.4 Å². The number of unbranched alkanes of at least 4 members (excludes halogenated alkanes) is 1. The topological polar surface area (TPSA) is 62.3 Å². The van der Waals surface area contributed by atoms with Gasteiger partial charge in [-0.1, -0.05) is 37.1 Å². The number of carbonyl (C=O) groups is 2. The van der Waals surface area contributed by atoms with Gasteiger partial charge in [0.1, 0.15) is 11.4 Å². The molecule has 1 aromatic carbocycles. The molecule has 0 saturated heterocycles. The number of hydrogen-bond donors (Lipinski definition) is 1. The Bertz CT molecular complexity index is 734. The number of amides is 2. The molecule has 0 aliphatic rings. The van der Waals surface area contributed by atoms with E-state index < -0.39 is 0 Å². The summed E-state index contributed by atoms with van der Waals surface area (Å²) in [5.41, 5.74) is 1.02. The molecule has 0 aliphatic heterocycles. The average Bonchev–Trinajstić information content (AvgIpc) is 2.59. The zero-order chi connectivity index (χ0) is 17.5. The van der Waals surface area contributed by atoms with Crippen molar-refractivity contribution in [2.75, 3.05) is 18.9 Å². The quantitative estimate of drug-likeness (QED) is 0.864. The minimum atomic E-state index is -0.386. The first kappa shape index (κ1) is 17.9. The van der Waals surface area contributed by atoms with Gasteiger partial charge < -0.3 is 10.2 Å². The third-order valence-electron chi connectivity index (χ3n) is 3.48. The highest BCUT2D eigenvalue weighted by Gasteiger charge is 2.15. The van der Waals surface area contributed by atoms with Crippen molar-refractivity contribution in [3.63, 3.8) is 0 Å². The van der Waals surface area contributed by atoms with E-state index >= 15 is 0 Å². The van der Waals surface area contributed by atoms with E-state index in [4.69, 9.17) is 11.6 Å². The average molecular weight is 346 g/mol. The Morgan fingerprint density at radius 1 is 1.17 bits per heavy atom. The lowest BCUT2D eigenvalue weighted by atomic mass is 10.2. The third kappa shape index (κ3) is 4.80. The summed E-state index contributed by atoms with van der Waals surface area (Å²) in [6.45, 7) is 2.73. The number of nitrogens with one attached hydrogen (secondary N) is 1. The summed E-state index contributed by atoms with van der Waals surface area (Å²) >= 11 is 5.90. The minimum Gasteiger partial charge on any atom is -0.340 e. The smallest absolute Gasteiger partial charge is 0.274 e. The fourth-order valence-corrected chi connectivity index (χ4v) is 2.32. The molecule has 0 fully saturated rings. The van der Waals surface area contributed by atoms with Gasteiger partial charge in [0.25, 0.3) is 11.8 Å². The molecule has 24 heavy (non-hydrogen) atoms. The summed E-state index contributed by atoms with van der Waals surface area (Å²) < 4.78 is 0. The molecule has 1 heterocycles. The Kier molecular flexibility index (Phi) is 6.32. The Hall–Kier alpha value is -2.40. The van der Waals surface area contributed by atoms with Crippen molar-refractivity contribution >= 4 is 29.1 Å². The molecule has 5 nitrogen and oxygen atoms in total. The fourth-order valence-electron chi connectivity index (χ4n) is 2.13. The van der Waals surface area contributed by atoms with Crippen LogP contribution in [0, 0.1) is 0 Å². The molecule has 2 aromatic rings. The van der Waals surface area contributed by atoms with Crippen molar-refractivity contribution in [2.24, 2.45) is 0 Å². The van der Waals surface area contributed by atoms with Gasteiger partial charge in [-0.15, -0.1) is 0 Å². The number of rotatable bonds is 6. The summed E-state index contributed by atoms with van der Waals surface area (Å²) in [5.74, 6) is -0.580. The van der Waals surface area contributed by atoms with Crippen LogP contribution in [-0.4, -0.2) is 35.3 Å². The molecule has 0 atom stereocenters. The first-order valence-corrected chi connectivity index (χ1v) is 8.18. The maximum atomic E-state index is 12.3. The third-order valence-corrected chi connectivity index (χ3v) is 3.71. The van der Waals surface area contributed by atoms with Crippen LogP contribution in [-0.2, 0) is 0 Å². The summed E-state index contributed by atoms with van der Waals surface area (Å²) in [4.78, 5) is 30.4. The van der Waals surface area contributed by atoms with Crippen LogP contribution in [0.25, 0.3) is 0 Å². The molecule has 0 saturated carbocycles. The van der Waals surface area contributed by atoms with E-state index in [9.17, 15) is 9.59 Å². The van der Waals surface area contributed by atoms with Crippen LogP contribution in [0.4, 0.5) is 5.69 Å². The second-order valence-corrected chi connectivity index (χ2v) is 5.89. The molecule has 1 N–H and O–H groups in total. The normalized spacial score (nSPS) is 10.3. The lowest BCUT2D eigenvalue weighted by Crippen LogP contribution is -2.29. The fraction of sp³-hybridized carbons (Fsp3) is 0.278. The number of hydrogen-bond acceptors (Lipinski definition) is 3. The number of anilines is 1. The predicted molar refractivity (Wildman–Crippen MR) is 95.5 cm³/mol. The Labute approximate surface area is 146 Å². The molecule has 2 rings (SSSR count). The van der Waals surface area contributed by atoms with Crippen LogP contribution in [0.3, 0.4) is 0 Å². The highest BCUT2D eigenvalue weighted by atomic mass is 35.5. The number of halogens is 1. The summed E-state index contributed by atoms with van der Waals surface area (Å²) in [5, 5.41) is 3.25. The van der Waals surface area contributed by atoms with Gasteiger partial charge in [0.2, 0.25) is 0 Å². The van der Waals surface area contributed by atoms with E-state index in [1.807, 2.05) is 0 Å². The largest absolute Gasteiger partial charge is 0.340 e. The number of nitrogens with zero attached hydrogens (tertiary/aromatic N) is 2. The first-order valence-electron chi connectivity index (χ1n) is 7.80. The predicted octanol–water partition coefficient (Wildman–Crippen LogP) is 3.86. The van der Waals surface area contributed by atoms with Gasteiger partial charge in [-0.2, -0.15) is 0 Å². The van der Waals surface area contributed by atoms with Crippen molar-refractivity contribution in [3.05, 3.63) is 58.9 Å². The van der Waals surface area contributed by atoms with Crippen molar-refractivity contribution in [3.8, 4) is 0 Å². The molecule has 0 bridgehead atoms.